The molecule has 10 heteroatoms. The van der Waals surface area contributed by atoms with Crippen molar-refractivity contribution in [2.75, 3.05) is 15.1 Å². The monoisotopic (exact) mass is 655 g/mol. The first-order valence-electron chi connectivity index (χ1n) is 15.8. The van der Waals surface area contributed by atoms with Gasteiger partial charge in [-0.2, -0.15) is 0 Å². The first-order valence-corrected chi connectivity index (χ1v) is 15.8. The molecule has 0 saturated heterocycles. The van der Waals surface area contributed by atoms with Gasteiger partial charge in [0.15, 0.2) is 0 Å². The minimum absolute atomic E-state index is 0.0866. The number of carbonyl (C=O) groups is 4. The maximum Gasteiger partial charge on any atom is 0.255 e. The van der Waals surface area contributed by atoms with Gasteiger partial charge in [-0.15, -0.1) is 0 Å². The van der Waals surface area contributed by atoms with E-state index in [9.17, 15) is 23.6 Å². The Morgan fingerprint density at radius 3 is 2.04 bits per heavy atom. The van der Waals surface area contributed by atoms with Crippen molar-refractivity contribution in [2.45, 2.75) is 26.1 Å². The van der Waals surface area contributed by atoms with Gasteiger partial charge in [0, 0.05) is 42.0 Å². The summed E-state index contributed by atoms with van der Waals surface area (Å²) in [6.07, 6.45) is -0.446. The molecule has 9 nitrogen and oxygen atoms in total. The maximum absolute atomic E-state index is 14.4. The van der Waals surface area contributed by atoms with E-state index in [1.54, 1.807) is 103 Å². The standard InChI is InChI=1S/C39H34FN5O4/c40-33-11-5-4-10-29(33)24-42-36(46)22-32-38(48)44(25-27-14-18-30(19-15-27)43-37(47)28-8-2-1-3-9-28)34-12-6-7-13-35(34)45(39(32)49)31-20-16-26(23-41)17-21-31/h1-21,32H,22-25,41H2,(H,42,46)(H,43,47). The molecule has 4 amide bonds. The van der Waals surface area contributed by atoms with Crippen LogP contribution >= 0.6 is 0 Å². The lowest BCUT2D eigenvalue weighted by molar-refractivity contribution is -0.136. The number of nitrogens with two attached hydrogens (primary N) is 1. The molecule has 1 unspecified atom stereocenters. The Morgan fingerprint density at radius 1 is 0.714 bits per heavy atom. The molecule has 1 heterocycles. The number of carbonyl (C=O) groups excluding carboxylic acids is 4. The summed E-state index contributed by atoms with van der Waals surface area (Å²) in [6, 6.07) is 36.2. The number of hydrogen-bond acceptors (Lipinski definition) is 5. The first-order chi connectivity index (χ1) is 23.8. The lowest BCUT2D eigenvalue weighted by Gasteiger charge is -2.26. The van der Waals surface area contributed by atoms with Crippen molar-refractivity contribution in [1.82, 2.24) is 5.32 Å². The fraction of sp³-hybridized carbons (Fsp3) is 0.128. The number of hydrogen-bond donors (Lipinski definition) is 3. The third-order valence-electron chi connectivity index (χ3n) is 8.34. The van der Waals surface area contributed by atoms with Gasteiger partial charge in [0.05, 0.1) is 17.9 Å². The molecule has 1 aliphatic rings. The minimum Gasteiger partial charge on any atom is -0.352 e. The molecular weight excluding hydrogens is 621 g/mol. The van der Waals surface area contributed by atoms with E-state index in [4.69, 9.17) is 5.73 Å². The number of para-hydroxylation sites is 2. The van der Waals surface area contributed by atoms with Crippen molar-refractivity contribution in [3.05, 3.63) is 155 Å². The van der Waals surface area contributed by atoms with Crippen LogP contribution in [0.15, 0.2) is 127 Å². The van der Waals surface area contributed by atoms with Crippen LogP contribution < -0.4 is 26.2 Å². The van der Waals surface area contributed by atoms with Gasteiger partial charge in [0.1, 0.15) is 11.7 Å². The highest BCUT2D eigenvalue weighted by atomic mass is 19.1. The minimum atomic E-state index is -1.38. The van der Waals surface area contributed by atoms with Crippen molar-refractivity contribution in [2.24, 2.45) is 11.7 Å². The summed E-state index contributed by atoms with van der Waals surface area (Å²) < 4.78 is 14.2. The number of amides is 4. The summed E-state index contributed by atoms with van der Waals surface area (Å²) >= 11 is 0. The third kappa shape index (κ3) is 7.39. The van der Waals surface area contributed by atoms with Crippen LogP contribution in [0.5, 0.6) is 0 Å². The quantitative estimate of drug-likeness (QED) is 0.158. The Balaban J connectivity index is 1.31. The molecule has 0 aliphatic carbocycles. The predicted octanol–water partition coefficient (Wildman–Crippen LogP) is 6.07. The van der Waals surface area contributed by atoms with E-state index in [0.29, 0.717) is 34.9 Å². The normalized spacial score (nSPS) is 14.2. The van der Waals surface area contributed by atoms with E-state index in [2.05, 4.69) is 10.6 Å². The summed E-state index contributed by atoms with van der Waals surface area (Å²) in [6.45, 7) is 0.307. The summed E-state index contributed by atoms with van der Waals surface area (Å²) in [7, 11) is 0. The average Bonchev–Trinajstić information content (AvgIpc) is 3.21. The number of rotatable bonds is 10. The van der Waals surface area contributed by atoms with Gasteiger partial charge in [0.2, 0.25) is 17.7 Å². The van der Waals surface area contributed by atoms with Crippen LogP contribution in [-0.2, 0) is 34.0 Å². The van der Waals surface area contributed by atoms with Crippen LogP contribution in [-0.4, -0.2) is 23.6 Å². The smallest absolute Gasteiger partial charge is 0.255 e. The number of nitrogens with one attached hydrogen (secondary N) is 2. The summed E-state index contributed by atoms with van der Waals surface area (Å²) in [5.41, 5.74) is 10.3. The Morgan fingerprint density at radius 2 is 1.35 bits per heavy atom. The summed E-state index contributed by atoms with van der Waals surface area (Å²) in [5, 5.41) is 5.54. The number of nitrogens with zero attached hydrogens (tertiary/aromatic N) is 2. The zero-order chi connectivity index (χ0) is 34.3. The van der Waals surface area contributed by atoms with E-state index in [1.165, 1.54) is 15.9 Å². The second-order valence-electron chi connectivity index (χ2n) is 11.6. The van der Waals surface area contributed by atoms with Gasteiger partial charge < -0.3 is 21.3 Å². The molecule has 6 rings (SSSR count). The molecule has 5 aromatic carbocycles. The van der Waals surface area contributed by atoms with Crippen molar-refractivity contribution >= 4 is 46.4 Å². The Bertz CT molecular complexity index is 1980. The van der Waals surface area contributed by atoms with E-state index >= 15 is 0 Å². The van der Waals surface area contributed by atoms with Crippen molar-refractivity contribution < 1.29 is 23.6 Å². The first kappa shape index (κ1) is 32.8. The fourth-order valence-corrected chi connectivity index (χ4v) is 5.72. The van der Waals surface area contributed by atoms with Crippen LogP contribution in [0.4, 0.5) is 27.1 Å². The van der Waals surface area contributed by atoms with Crippen LogP contribution in [0.1, 0.15) is 33.5 Å². The Kier molecular flexibility index (Phi) is 9.87. The van der Waals surface area contributed by atoms with Crippen LogP contribution in [0.25, 0.3) is 0 Å². The SMILES string of the molecule is NCc1ccc(N2C(=O)C(CC(=O)NCc3ccccc3F)C(=O)N(Cc3ccc(NC(=O)c4ccccc4)cc3)c3ccccc32)cc1. The fourth-order valence-electron chi connectivity index (χ4n) is 5.72. The van der Waals surface area contributed by atoms with E-state index < -0.39 is 35.9 Å². The molecule has 0 aromatic heterocycles. The molecule has 0 saturated carbocycles. The zero-order valence-corrected chi connectivity index (χ0v) is 26.5. The highest BCUT2D eigenvalue weighted by Gasteiger charge is 2.42. The maximum atomic E-state index is 14.4. The van der Waals surface area contributed by atoms with Gasteiger partial charge >= 0.3 is 0 Å². The molecule has 4 N–H and O–H groups in total. The van der Waals surface area contributed by atoms with Crippen molar-refractivity contribution in [1.29, 1.82) is 0 Å². The van der Waals surface area contributed by atoms with Gasteiger partial charge in [-0.25, -0.2) is 4.39 Å². The highest BCUT2D eigenvalue weighted by molar-refractivity contribution is 6.21. The predicted molar refractivity (Wildman–Crippen MR) is 186 cm³/mol. The number of halogens is 1. The third-order valence-corrected chi connectivity index (χ3v) is 8.34. The van der Waals surface area contributed by atoms with Crippen molar-refractivity contribution in [3.8, 4) is 0 Å². The summed E-state index contributed by atoms with van der Waals surface area (Å²) in [4.78, 5) is 57.7. The number of fused-ring (bicyclic) bond motifs is 1. The lowest BCUT2D eigenvalue weighted by atomic mass is 10.0. The number of anilines is 4. The van der Waals surface area contributed by atoms with Crippen LogP contribution in [0, 0.1) is 11.7 Å². The summed E-state index contributed by atoms with van der Waals surface area (Å²) in [5.74, 6) is -3.80. The topological polar surface area (TPSA) is 125 Å². The Labute approximate surface area is 283 Å². The van der Waals surface area contributed by atoms with Crippen LogP contribution in [0.3, 0.4) is 0 Å². The molecule has 1 aliphatic heterocycles. The molecule has 1 atom stereocenters. The largest absolute Gasteiger partial charge is 0.352 e. The lowest BCUT2D eigenvalue weighted by Crippen LogP contribution is -2.43. The average molecular weight is 656 g/mol. The van der Waals surface area contributed by atoms with Gasteiger partial charge in [0.25, 0.3) is 5.91 Å². The molecule has 0 fully saturated rings. The Hall–Kier alpha value is -6.13. The van der Waals surface area contributed by atoms with E-state index in [1.807, 2.05) is 18.2 Å². The van der Waals surface area contributed by atoms with Crippen molar-refractivity contribution in [3.63, 3.8) is 0 Å². The van der Waals surface area contributed by atoms with Gasteiger partial charge in [-0.1, -0.05) is 72.8 Å². The molecular formula is C39H34FN5O4. The molecule has 246 valence electrons. The molecule has 0 radical (unpaired) electrons. The number of benzene rings is 5. The molecule has 0 spiro atoms. The molecule has 5 aromatic rings. The molecule has 49 heavy (non-hydrogen) atoms. The highest BCUT2D eigenvalue weighted by Crippen LogP contribution is 2.40. The van der Waals surface area contributed by atoms with Crippen LogP contribution in [0.2, 0.25) is 0 Å². The zero-order valence-electron chi connectivity index (χ0n) is 26.5. The van der Waals surface area contributed by atoms with E-state index in [-0.39, 0.29) is 24.6 Å². The van der Waals surface area contributed by atoms with Gasteiger partial charge in [-0.3, -0.25) is 24.1 Å². The van der Waals surface area contributed by atoms with E-state index in [0.717, 1.165) is 11.1 Å². The van der Waals surface area contributed by atoms with Gasteiger partial charge in [-0.05, 0) is 65.7 Å². The second-order valence-corrected chi connectivity index (χ2v) is 11.6. The molecule has 0 bridgehead atoms. The second kappa shape index (κ2) is 14.7.